The van der Waals surface area contributed by atoms with E-state index in [2.05, 4.69) is 27.5 Å². The van der Waals surface area contributed by atoms with E-state index in [4.69, 9.17) is 0 Å². The minimum atomic E-state index is -0.216. The molecular weight excluding hydrogens is 228 g/mol. The fourth-order valence-corrected chi connectivity index (χ4v) is 2.47. The maximum atomic E-state index is 9.69. The third-order valence-corrected chi connectivity index (χ3v) is 3.85. The Bertz CT molecular complexity index is 388. The van der Waals surface area contributed by atoms with Crippen LogP contribution in [0.1, 0.15) is 32.6 Å². The minimum Gasteiger partial charge on any atom is -0.394 e. The zero-order valence-electron chi connectivity index (χ0n) is 11.1. The standard InChI is InChI=1S/C13H22N4O/c1-10-3-5-13(8-18,6-4-10)17-12-7-11(14-2)15-9-16-12/h7,9-10,18H,3-6,8H2,1-2H3,(H2,14,15,16,17). The monoisotopic (exact) mass is 250 g/mol. The molecule has 0 bridgehead atoms. The second-order valence-corrected chi connectivity index (χ2v) is 5.28. The van der Waals surface area contributed by atoms with E-state index in [1.165, 1.54) is 6.33 Å². The van der Waals surface area contributed by atoms with Gasteiger partial charge in [-0.15, -0.1) is 0 Å². The molecular formula is C13H22N4O. The van der Waals surface area contributed by atoms with Crippen molar-refractivity contribution in [2.24, 2.45) is 5.92 Å². The van der Waals surface area contributed by atoms with E-state index in [0.29, 0.717) is 0 Å². The van der Waals surface area contributed by atoms with Crippen LogP contribution in [0.15, 0.2) is 12.4 Å². The molecule has 5 nitrogen and oxygen atoms in total. The molecule has 1 aliphatic rings. The van der Waals surface area contributed by atoms with Crippen LogP contribution in [-0.4, -0.2) is 34.3 Å². The van der Waals surface area contributed by atoms with Gasteiger partial charge in [-0.1, -0.05) is 6.92 Å². The fourth-order valence-electron chi connectivity index (χ4n) is 2.47. The quantitative estimate of drug-likeness (QED) is 0.761. The van der Waals surface area contributed by atoms with Crippen molar-refractivity contribution >= 4 is 11.6 Å². The molecule has 3 N–H and O–H groups in total. The van der Waals surface area contributed by atoms with E-state index >= 15 is 0 Å². The summed E-state index contributed by atoms with van der Waals surface area (Å²) < 4.78 is 0. The maximum absolute atomic E-state index is 9.69. The molecule has 100 valence electrons. The lowest BCUT2D eigenvalue weighted by molar-refractivity contribution is 0.155. The molecule has 2 rings (SSSR count). The number of aromatic nitrogens is 2. The van der Waals surface area contributed by atoms with Crippen molar-refractivity contribution in [2.75, 3.05) is 24.3 Å². The summed E-state index contributed by atoms with van der Waals surface area (Å²) in [6.07, 6.45) is 5.81. The second kappa shape index (κ2) is 5.52. The van der Waals surface area contributed by atoms with Crippen LogP contribution >= 0.6 is 0 Å². The van der Waals surface area contributed by atoms with E-state index in [9.17, 15) is 5.11 Å². The van der Waals surface area contributed by atoms with Crippen molar-refractivity contribution in [1.82, 2.24) is 9.97 Å². The van der Waals surface area contributed by atoms with Gasteiger partial charge < -0.3 is 15.7 Å². The summed E-state index contributed by atoms with van der Waals surface area (Å²) >= 11 is 0. The van der Waals surface area contributed by atoms with Crippen molar-refractivity contribution in [2.45, 2.75) is 38.1 Å². The van der Waals surface area contributed by atoms with E-state index < -0.39 is 0 Å². The molecule has 1 aromatic heterocycles. The van der Waals surface area contributed by atoms with Crippen LogP contribution in [0.2, 0.25) is 0 Å². The lowest BCUT2D eigenvalue weighted by atomic mass is 9.77. The van der Waals surface area contributed by atoms with Crippen LogP contribution in [0.5, 0.6) is 0 Å². The largest absolute Gasteiger partial charge is 0.394 e. The summed E-state index contributed by atoms with van der Waals surface area (Å²) in [5.74, 6) is 2.31. The molecule has 5 heteroatoms. The molecule has 1 saturated carbocycles. The van der Waals surface area contributed by atoms with Gasteiger partial charge in [-0.25, -0.2) is 9.97 Å². The number of hydrogen-bond donors (Lipinski definition) is 3. The molecule has 18 heavy (non-hydrogen) atoms. The SMILES string of the molecule is CNc1cc(NC2(CO)CCC(C)CC2)ncn1. The Morgan fingerprint density at radius 3 is 2.61 bits per heavy atom. The lowest BCUT2D eigenvalue weighted by Crippen LogP contribution is -2.45. The number of nitrogens with one attached hydrogen (secondary N) is 2. The molecule has 0 unspecified atom stereocenters. The van der Waals surface area contributed by atoms with Crippen LogP contribution in [0.25, 0.3) is 0 Å². The van der Waals surface area contributed by atoms with E-state index in [1.807, 2.05) is 13.1 Å². The molecule has 1 aromatic rings. The molecule has 1 heterocycles. The van der Waals surface area contributed by atoms with Crippen molar-refractivity contribution in [1.29, 1.82) is 0 Å². The molecule has 0 amide bonds. The number of nitrogens with zero attached hydrogens (tertiary/aromatic N) is 2. The lowest BCUT2D eigenvalue weighted by Gasteiger charge is -2.39. The molecule has 0 aliphatic heterocycles. The van der Waals surface area contributed by atoms with Crippen LogP contribution in [-0.2, 0) is 0 Å². The summed E-state index contributed by atoms with van der Waals surface area (Å²) in [6.45, 7) is 2.42. The minimum absolute atomic E-state index is 0.151. The highest BCUT2D eigenvalue weighted by atomic mass is 16.3. The van der Waals surface area contributed by atoms with Gasteiger partial charge in [0, 0.05) is 13.1 Å². The molecule has 1 aliphatic carbocycles. The highest BCUT2D eigenvalue weighted by molar-refractivity contribution is 5.47. The Balaban J connectivity index is 2.09. The summed E-state index contributed by atoms with van der Waals surface area (Å²) in [6, 6.07) is 1.87. The molecule has 0 radical (unpaired) electrons. The van der Waals surface area contributed by atoms with Gasteiger partial charge in [0.15, 0.2) is 0 Å². The Hall–Kier alpha value is -1.36. The number of hydrogen-bond acceptors (Lipinski definition) is 5. The van der Waals surface area contributed by atoms with Crippen LogP contribution < -0.4 is 10.6 Å². The Morgan fingerprint density at radius 2 is 2.00 bits per heavy atom. The molecule has 0 atom stereocenters. The summed E-state index contributed by atoms with van der Waals surface area (Å²) in [4.78, 5) is 8.31. The molecule has 0 saturated heterocycles. The first-order chi connectivity index (χ1) is 8.67. The van der Waals surface area contributed by atoms with Crippen molar-refractivity contribution in [3.05, 3.63) is 12.4 Å². The van der Waals surface area contributed by atoms with Gasteiger partial charge >= 0.3 is 0 Å². The predicted octanol–water partition coefficient (Wildman–Crippen LogP) is 1.87. The fraction of sp³-hybridized carbons (Fsp3) is 0.692. The van der Waals surface area contributed by atoms with Gasteiger partial charge in [-0.3, -0.25) is 0 Å². The first-order valence-electron chi connectivity index (χ1n) is 6.56. The topological polar surface area (TPSA) is 70.1 Å². The van der Waals surface area contributed by atoms with Crippen LogP contribution in [0.4, 0.5) is 11.6 Å². The average molecular weight is 250 g/mol. The van der Waals surface area contributed by atoms with E-state index in [-0.39, 0.29) is 12.1 Å². The van der Waals surface area contributed by atoms with E-state index in [1.54, 1.807) is 0 Å². The first kappa shape index (κ1) is 13.1. The van der Waals surface area contributed by atoms with Gasteiger partial charge in [-0.2, -0.15) is 0 Å². The Morgan fingerprint density at radius 1 is 1.33 bits per heavy atom. The molecule has 0 spiro atoms. The molecule has 1 fully saturated rings. The van der Waals surface area contributed by atoms with Gasteiger partial charge in [0.2, 0.25) is 0 Å². The third-order valence-electron chi connectivity index (χ3n) is 3.85. The van der Waals surface area contributed by atoms with Crippen molar-refractivity contribution in [3.8, 4) is 0 Å². The molecule has 0 aromatic carbocycles. The van der Waals surface area contributed by atoms with Gasteiger partial charge in [0.1, 0.15) is 18.0 Å². The first-order valence-corrected chi connectivity index (χ1v) is 6.56. The van der Waals surface area contributed by atoms with Crippen LogP contribution in [0.3, 0.4) is 0 Å². The van der Waals surface area contributed by atoms with Crippen LogP contribution in [0, 0.1) is 5.92 Å². The number of aliphatic hydroxyl groups excluding tert-OH is 1. The number of rotatable bonds is 4. The van der Waals surface area contributed by atoms with Crippen molar-refractivity contribution in [3.63, 3.8) is 0 Å². The second-order valence-electron chi connectivity index (χ2n) is 5.28. The normalized spacial score (nSPS) is 27.8. The van der Waals surface area contributed by atoms with Gasteiger partial charge in [0.25, 0.3) is 0 Å². The Labute approximate surface area is 108 Å². The summed E-state index contributed by atoms with van der Waals surface area (Å²) in [7, 11) is 1.83. The maximum Gasteiger partial charge on any atom is 0.131 e. The third kappa shape index (κ3) is 2.90. The smallest absolute Gasteiger partial charge is 0.131 e. The van der Waals surface area contributed by atoms with E-state index in [0.717, 1.165) is 43.2 Å². The van der Waals surface area contributed by atoms with Gasteiger partial charge in [-0.05, 0) is 31.6 Å². The Kier molecular flexibility index (Phi) is 4.01. The zero-order valence-corrected chi connectivity index (χ0v) is 11.1. The van der Waals surface area contributed by atoms with Gasteiger partial charge in [0.05, 0.1) is 12.1 Å². The highest BCUT2D eigenvalue weighted by Gasteiger charge is 2.33. The average Bonchev–Trinajstić information content (AvgIpc) is 2.42. The summed E-state index contributed by atoms with van der Waals surface area (Å²) in [5, 5.41) is 16.1. The number of aliphatic hydroxyl groups is 1. The predicted molar refractivity (Wildman–Crippen MR) is 72.7 cm³/mol. The highest BCUT2D eigenvalue weighted by Crippen LogP contribution is 2.34. The van der Waals surface area contributed by atoms with Crippen molar-refractivity contribution < 1.29 is 5.11 Å². The number of anilines is 2. The zero-order chi connectivity index (χ0) is 13.0. The summed E-state index contributed by atoms with van der Waals surface area (Å²) in [5.41, 5.74) is -0.216.